The molecule has 9 aromatic rings. The average Bonchev–Trinajstić information content (AvgIpc) is 3.73. The first-order valence-corrected chi connectivity index (χ1v) is 16.3. The first kappa shape index (κ1) is 26.8. The Kier molecular flexibility index (Phi) is 5.93. The quantitative estimate of drug-likeness (QED) is 0.197. The molecule has 0 saturated heterocycles. The number of furan rings is 2. The summed E-state index contributed by atoms with van der Waals surface area (Å²) >= 11 is 0. The summed E-state index contributed by atoms with van der Waals surface area (Å²) in [5.41, 5.74) is 8.41. The number of rotatable bonds is 4. The smallest absolute Gasteiger partial charge is 0.164 e. The topological polar surface area (TPSA) is 65.0 Å². The Morgan fingerprint density at radius 3 is 1.85 bits per heavy atom. The minimum atomic E-state index is 0.608. The maximum Gasteiger partial charge on any atom is 0.164 e. The Labute approximate surface area is 275 Å². The predicted octanol–water partition coefficient (Wildman–Crippen LogP) is 11.6. The molecule has 0 N–H and O–H groups in total. The standard InChI is InChI=1S/C43H27N3O2/c1-2-12-27(13-3-1)41-44-42(32-17-9-20-35-38(32)31-15-6-7-19-34(31)47-35)46-43(45-41)33-18-10-22-37-40(33)39-30(16-8-21-36(39)48-37)29-24-23-26-11-4-5-14-28(26)25-29/h1-2,4-12,14-25H,3,13H2. The maximum absolute atomic E-state index is 6.52. The summed E-state index contributed by atoms with van der Waals surface area (Å²) in [4.78, 5) is 15.5. The molecule has 226 valence electrons. The lowest BCUT2D eigenvalue weighted by Crippen LogP contribution is -2.04. The molecular weight excluding hydrogens is 590 g/mol. The molecule has 0 fully saturated rings. The van der Waals surface area contributed by atoms with Crippen molar-refractivity contribution in [3.8, 4) is 33.9 Å². The average molecular weight is 618 g/mol. The molecule has 0 amide bonds. The van der Waals surface area contributed by atoms with E-state index in [2.05, 4.69) is 91.0 Å². The molecule has 0 saturated carbocycles. The second kappa shape index (κ2) is 10.6. The van der Waals surface area contributed by atoms with Crippen molar-refractivity contribution in [1.82, 2.24) is 15.0 Å². The van der Waals surface area contributed by atoms with Gasteiger partial charge >= 0.3 is 0 Å². The number of allylic oxidation sites excluding steroid dienone is 4. The van der Waals surface area contributed by atoms with E-state index in [9.17, 15) is 0 Å². The largest absolute Gasteiger partial charge is 0.456 e. The van der Waals surface area contributed by atoms with Crippen LogP contribution in [0.1, 0.15) is 18.7 Å². The molecular formula is C43H27N3O2. The van der Waals surface area contributed by atoms with Crippen LogP contribution >= 0.6 is 0 Å². The summed E-state index contributed by atoms with van der Waals surface area (Å²) in [6, 6.07) is 41.7. The molecule has 5 nitrogen and oxygen atoms in total. The fourth-order valence-corrected chi connectivity index (χ4v) is 7.16. The number of aromatic nitrogens is 3. The molecule has 1 aliphatic carbocycles. The van der Waals surface area contributed by atoms with Crippen molar-refractivity contribution in [1.29, 1.82) is 0 Å². The van der Waals surface area contributed by atoms with Crippen molar-refractivity contribution in [2.75, 3.05) is 0 Å². The molecule has 0 aliphatic heterocycles. The van der Waals surface area contributed by atoms with Gasteiger partial charge in [0.25, 0.3) is 0 Å². The van der Waals surface area contributed by atoms with Crippen molar-refractivity contribution < 1.29 is 8.83 Å². The van der Waals surface area contributed by atoms with E-state index in [1.807, 2.05) is 48.5 Å². The number of hydrogen-bond donors (Lipinski definition) is 0. The van der Waals surface area contributed by atoms with Crippen molar-refractivity contribution in [3.05, 3.63) is 145 Å². The summed E-state index contributed by atoms with van der Waals surface area (Å²) < 4.78 is 12.8. The molecule has 6 aromatic carbocycles. The highest BCUT2D eigenvalue weighted by atomic mass is 16.3. The van der Waals surface area contributed by atoms with Crippen LogP contribution in [0.25, 0.3) is 94.1 Å². The molecule has 1 aliphatic rings. The minimum absolute atomic E-state index is 0.608. The number of fused-ring (bicyclic) bond motifs is 7. The molecule has 3 aromatic heterocycles. The van der Waals surface area contributed by atoms with Crippen molar-refractivity contribution in [3.63, 3.8) is 0 Å². The van der Waals surface area contributed by atoms with E-state index in [0.717, 1.165) is 84.5 Å². The third-order valence-corrected chi connectivity index (χ3v) is 9.40. The second-order valence-corrected chi connectivity index (χ2v) is 12.3. The van der Waals surface area contributed by atoms with Crippen LogP contribution in [0.2, 0.25) is 0 Å². The first-order chi connectivity index (χ1) is 23.8. The zero-order chi connectivity index (χ0) is 31.6. The van der Waals surface area contributed by atoms with Crippen molar-refractivity contribution in [2.45, 2.75) is 12.8 Å². The van der Waals surface area contributed by atoms with Gasteiger partial charge in [0.1, 0.15) is 22.3 Å². The van der Waals surface area contributed by atoms with Crippen molar-refractivity contribution in [2.24, 2.45) is 0 Å². The van der Waals surface area contributed by atoms with Gasteiger partial charge in [-0.25, -0.2) is 15.0 Å². The van der Waals surface area contributed by atoms with E-state index >= 15 is 0 Å². The lowest BCUT2D eigenvalue weighted by Gasteiger charge is -2.13. The molecule has 0 atom stereocenters. The molecule has 0 unspecified atom stereocenters. The normalized spacial score (nSPS) is 13.3. The molecule has 0 spiro atoms. The number of para-hydroxylation sites is 1. The third kappa shape index (κ3) is 4.21. The summed E-state index contributed by atoms with van der Waals surface area (Å²) in [6.07, 6.45) is 8.19. The SMILES string of the molecule is C1=CCCC(c2nc(-c3cccc4oc5ccccc5c34)nc(-c3cccc4oc5cccc(-c6ccc7ccccc7c6)c5c34)n2)=C1. The van der Waals surface area contributed by atoms with E-state index in [-0.39, 0.29) is 0 Å². The monoisotopic (exact) mass is 617 g/mol. The highest BCUT2D eigenvalue weighted by Crippen LogP contribution is 2.42. The van der Waals surface area contributed by atoms with Gasteiger partial charge in [-0.3, -0.25) is 0 Å². The van der Waals surface area contributed by atoms with Gasteiger partial charge in [-0.1, -0.05) is 109 Å². The molecule has 0 radical (unpaired) electrons. The van der Waals surface area contributed by atoms with E-state index in [1.54, 1.807) is 0 Å². The lowest BCUT2D eigenvalue weighted by atomic mass is 9.95. The van der Waals surface area contributed by atoms with Gasteiger partial charge in [-0.15, -0.1) is 0 Å². The second-order valence-electron chi connectivity index (χ2n) is 12.3. The number of benzene rings is 6. The van der Waals surface area contributed by atoms with Crippen LogP contribution in [0.3, 0.4) is 0 Å². The van der Waals surface area contributed by atoms with Gasteiger partial charge in [0, 0.05) is 32.7 Å². The maximum atomic E-state index is 6.52. The van der Waals surface area contributed by atoms with Crippen LogP contribution in [0.5, 0.6) is 0 Å². The zero-order valence-corrected chi connectivity index (χ0v) is 25.9. The van der Waals surface area contributed by atoms with Crippen LogP contribution in [0.4, 0.5) is 0 Å². The van der Waals surface area contributed by atoms with E-state index < -0.39 is 0 Å². The minimum Gasteiger partial charge on any atom is -0.456 e. The lowest BCUT2D eigenvalue weighted by molar-refractivity contribution is 0.668. The van der Waals surface area contributed by atoms with Crippen molar-refractivity contribution >= 4 is 60.2 Å². The summed E-state index contributed by atoms with van der Waals surface area (Å²) in [6.45, 7) is 0. The van der Waals surface area contributed by atoms with Crippen LogP contribution < -0.4 is 0 Å². The van der Waals surface area contributed by atoms with E-state index in [4.69, 9.17) is 23.8 Å². The zero-order valence-electron chi connectivity index (χ0n) is 25.9. The van der Waals surface area contributed by atoms with Gasteiger partial charge in [0.15, 0.2) is 17.5 Å². The van der Waals surface area contributed by atoms with Gasteiger partial charge in [0.05, 0.1) is 0 Å². The van der Waals surface area contributed by atoms with E-state index in [0.29, 0.717) is 17.5 Å². The van der Waals surface area contributed by atoms with Gasteiger partial charge in [-0.2, -0.15) is 0 Å². The summed E-state index contributed by atoms with van der Waals surface area (Å²) in [5.74, 6) is 1.91. The van der Waals surface area contributed by atoms with Crippen LogP contribution in [0, 0.1) is 0 Å². The fourth-order valence-electron chi connectivity index (χ4n) is 7.16. The number of hydrogen-bond acceptors (Lipinski definition) is 5. The van der Waals surface area contributed by atoms with E-state index in [1.165, 1.54) is 10.8 Å². The van der Waals surface area contributed by atoms with Gasteiger partial charge < -0.3 is 8.83 Å². The molecule has 10 rings (SSSR count). The fraction of sp³-hybridized carbons (Fsp3) is 0.0465. The summed E-state index contributed by atoms with van der Waals surface area (Å²) in [7, 11) is 0. The Balaban J connectivity index is 1.25. The first-order valence-electron chi connectivity index (χ1n) is 16.3. The predicted molar refractivity (Wildman–Crippen MR) is 195 cm³/mol. The Hall–Kier alpha value is -6.33. The highest BCUT2D eigenvalue weighted by molar-refractivity contribution is 6.18. The Bertz CT molecular complexity index is 2800. The third-order valence-electron chi connectivity index (χ3n) is 9.40. The molecule has 3 heterocycles. The Morgan fingerprint density at radius 2 is 1.08 bits per heavy atom. The van der Waals surface area contributed by atoms with Crippen LogP contribution in [-0.4, -0.2) is 15.0 Å². The van der Waals surface area contributed by atoms with Gasteiger partial charge in [-0.05, 0) is 70.6 Å². The molecule has 0 bridgehead atoms. The van der Waals surface area contributed by atoms with Crippen LogP contribution in [-0.2, 0) is 0 Å². The molecule has 5 heteroatoms. The highest BCUT2D eigenvalue weighted by Gasteiger charge is 2.22. The summed E-state index contributed by atoms with van der Waals surface area (Å²) in [5, 5.41) is 6.48. The Morgan fingerprint density at radius 1 is 0.479 bits per heavy atom. The van der Waals surface area contributed by atoms with Gasteiger partial charge in [0.2, 0.25) is 0 Å². The molecule has 48 heavy (non-hydrogen) atoms. The number of nitrogens with zero attached hydrogens (tertiary/aromatic N) is 3. The van der Waals surface area contributed by atoms with Crippen LogP contribution in [0.15, 0.2) is 148 Å².